The van der Waals surface area contributed by atoms with Gasteiger partial charge in [-0.3, -0.25) is 14.8 Å². The second-order valence-electron chi connectivity index (χ2n) is 3.81. The Morgan fingerprint density at radius 2 is 1.79 bits per heavy atom. The largest absolute Gasteiger partial charge is 0.480 e. The van der Waals surface area contributed by atoms with E-state index in [4.69, 9.17) is 5.11 Å². The average Bonchev–Trinajstić information content (AvgIpc) is 2.48. The zero-order valence-corrected chi connectivity index (χ0v) is 10.2. The number of nitrogens with zero attached hydrogens (tertiary/aromatic N) is 2. The normalized spacial score (nSPS) is 9.95. The first-order chi connectivity index (χ1) is 9.22. The Balaban J connectivity index is 0.000000232. The van der Waals surface area contributed by atoms with Crippen LogP contribution in [0.25, 0.3) is 21.8 Å². The van der Waals surface area contributed by atoms with Crippen molar-refractivity contribution in [2.75, 3.05) is 6.54 Å². The molecule has 0 spiro atoms. The Labute approximate surface area is 109 Å². The molecular weight excluding hydrogens is 242 g/mol. The van der Waals surface area contributed by atoms with Crippen molar-refractivity contribution in [3.05, 3.63) is 48.8 Å². The first-order valence-electron chi connectivity index (χ1n) is 5.72. The lowest BCUT2D eigenvalue weighted by Gasteiger charge is -2.00. The predicted octanol–water partition coefficient (Wildman–Crippen LogP) is 1.81. The highest BCUT2D eigenvalue weighted by Gasteiger charge is 1.99. The van der Waals surface area contributed by atoms with Crippen LogP contribution >= 0.6 is 0 Å². The van der Waals surface area contributed by atoms with Crippen LogP contribution in [0, 0.1) is 0 Å². The number of carbonyl (C=O) groups is 1. The van der Waals surface area contributed by atoms with Gasteiger partial charge in [0.25, 0.3) is 0 Å². The second kappa shape index (κ2) is 5.88. The molecule has 19 heavy (non-hydrogen) atoms. The average molecular weight is 255 g/mol. The van der Waals surface area contributed by atoms with Crippen molar-refractivity contribution in [3.8, 4) is 0 Å². The molecule has 3 aromatic rings. The van der Waals surface area contributed by atoms with Gasteiger partial charge in [-0.1, -0.05) is 12.1 Å². The maximum absolute atomic E-state index is 9.24. The molecule has 5 nitrogen and oxygen atoms in total. The molecule has 96 valence electrons. The molecule has 0 bridgehead atoms. The summed E-state index contributed by atoms with van der Waals surface area (Å²) in [6.07, 6.45) is 3.62. The van der Waals surface area contributed by atoms with E-state index in [0.29, 0.717) is 0 Å². The Morgan fingerprint density at radius 1 is 1.11 bits per heavy atom. The van der Waals surface area contributed by atoms with E-state index in [1.807, 2.05) is 24.4 Å². The van der Waals surface area contributed by atoms with Gasteiger partial charge >= 0.3 is 5.97 Å². The number of hydrogen-bond acceptors (Lipinski definition) is 4. The number of hydrogen-bond donors (Lipinski definition) is 2. The van der Waals surface area contributed by atoms with E-state index >= 15 is 0 Å². The van der Waals surface area contributed by atoms with Crippen molar-refractivity contribution in [1.82, 2.24) is 9.97 Å². The third kappa shape index (κ3) is 3.02. The quantitative estimate of drug-likeness (QED) is 0.647. The van der Waals surface area contributed by atoms with E-state index in [1.54, 1.807) is 6.20 Å². The SMILES string of the molecule is NCC(=O)O.c1cnc2c(c1)ccc1ncccc12. The van der Waals surface area contributed by atoms with Crippen LogP contribution in [0.1, 0.15) is 0 Å². The van der Waals surface area contributed by atoms with Gasteiger partial charge in [-0.25, -0.2) is 0 Å². The number of aromatic nitrogens is 2. The lowest BCUT2D eigenvalue weighted by molar-refractivity contribution is -0.135. The molecule has 0 aliphatic heterocycles. The van der Waals surface area contributed by atoms with Gasteiger partial charge in [0.15, 0.2) is 0 Å². The Hall–Kier alpha value is -2.53. The smallest absolute Gasteiger partial charge is 0.317 e. The minimum Gasteiger partial charge on any atom is -0.480 e. The minimum atomic E-state index is -0.968. The first-order valence-corrected chi connectivity index (χ1v) is 5.72. The zero-order chi connectivity index (χ0) is 13.7. The molecule has 0 amide bonds. The van der Waals surface area contributed by atoms with Gasteiger partial charge in [0.05, 0.1) is 17.6 Å². The summed E-state index contributed by atoms with van der Waals surface area (Å²) in [5.74, 6) is -0.968. The van der Waals surface area contributed by atoms with Crippen molar-refractivity contribution in [3.63, 3.8) is 0 Å². The van der Waals surface area contributed by atoms with Gasteiger partial charge in [-0.15, -0.1) is 0 Å². The van der Waals surface area contributed by atoms with E-state index in [0.717, 1.165) is 21.8 Å². The van der Waals surface area contributed by atoms with Gasteiger partial charge < -0.3 is 10.8 Å². The fourth-order valence-electron chi connectivity index (χ4n) is 1.70. The molecule has 0 aliphatic rings. The van der Waals surface area contributed by atoms with Gasteiger partial charge in [0.2, 0.25) is 0 Å². The van der Waals surface area contributed by atoms with Crippen LogP contribution in [-0.2, 0) is 4.79 Å². The van der Waals surface area contributed by atoms with Crippen LogP contribution < -0.4 is 5.73 Å². The third-order valence-electron chi connectivity index (χ3n) is 2.53. The predicted molar refractivity (Wildman–Crippen MR) is 73.7 cm³/mol. The molecule has 2 aromatic heterocycles. The summed E-state index contributed by atoms with van der Waals surface area (Å²) < 4.78 is 0. The monoisotopic (exact) mass is 255 g/mol. The first kappa shape index (κ1) is 12.9. The van der Waals surface area contributed by atoms with E-state index < -0.39 is 5.97 Å². The standard InChI is InChI=1S/C12H8N2.C2H5NO2/c1-3-9-5-6-11-10(4-2-7-13-11)12(9)14-8-1;3-1-2(4)5/h1-8H;1,3H2,(H,4,5). The molecule has 0 atom stereocenters. The molecule has 1 aromatic carbocycles. The van der Waals surface area contributed by atoms with Crippen molar-refractivity contribution >= 4 is 27.8 Å². The maximum Gasteiger partial charge on any atom is 0.317 e. The van der Waals surface area contributed by atoms with Gasteiger partial charge in [-0.2, -0.15) is 0 Å². The Morgan fingerprint density at radius 3 is 2.53 bits per heavy atom. The molecule has 2 heterocycles. The highest BCUT2D eigenvalue weighted by Crippen LogP contribution is 2.20. The van der Waals surface area contributed by atoms with E-state index in [2.05, 4.69) is 33.9 Å². The molecule has 3 N–H and O–H groups in total. The Kier molecular flexibility index (Phi) is 4.00. The van der Waals surface area contributed by atoms with E-state index in [9.17, 15) is 4.79 Å². The molecule has 0 unspecified atom stereocenters. The van der Waals surface area contributed by atoms with Crippen molar-refractivity contribution in [1.29, 1.82) is 0 Å². The van der Waals surface area contributed by atoms with Crippen LogP contribution in [0.4, 0.5) is 0 Å². The van der Waals surface area contributed by atoms with Crippen LogP contribution in [0.15, 0.2) is 48.8 Å². The summed E-state index contributed by atoms with van der Waals surface area (Å²) >= 11 is 0. The number of nitrogens with two attached hydrogens (primary N) is 1. The minimum absolute atomic E-state index is 0.278. The van der Waals surface area contributed by atoms with Crippen LogP contribution in [0.2, 0.25) is 0 Å². The van der Waals surface area contributed by atoms with Crippen molar-refractivity contribution in [2.45, 2.75) is 0 Å². The molecule has 0 saturated heterocycles. The summed E-state index contributed by atoms with van der Waals surface area (Å²) in [6, 6.07) is 12.1. The summed E-state index contributed by atoms with van der Waals surface area (Å²) in [5, 5.41) is 9.87. The highest BCUT2D eigenvalue weighted by molar-refractivity contribution is 6.03. The molecule has 0 fully saturated rings. The number of rotatable bonds is 1. The molecule has 0 radical (unpaired) electrons. The van der Waals surface area contributed by atoms with Crippen molar-refractivity contribution < 1.29 is 9.90 Å². The van der Waals surface area contributed by atoms with Gasteiger partial charge in [0, 0.05) is 23.2 Å². The second-order valence-corrected chi connectivity index (χ2v) is 3.81. The number of aliphatic carboxylic acids is 1. The number of benzene rings is 1. The van der Waals surface area contributed by atoms with E-state index in [1.165, 1.54) is 0 Å². The Bertz CT molecular complexity index is 658. The fourth-order valence-corrected chi connectivity index (χ4v) is 1.70. The fraction of sp³-hybridized carbons (Fsp3) is 0.0714. The van der Waals surface area contributed by atoms with Crippen LogP contribution in [0.3, 0.4) is 0 Å². The number of pyridine rings is 2. The molecule has 0 saturated carbocycles. The molecule has 5 heteroatoms. The summed E-state index contributed by atoms with van der Waals surface area (Å²) in [7, 11) is 0. The van der Waals surface area contributed by atoms with Crippen LogP contribution in [-0.4, -0.2) is 27.6 Å². The lowest BCUT2D eigenvalue weighted by Crippen LogP contribution is -2.10. The number of carboxylic acid groups (broad SMARTS) is 1. The third-order valence-corrected chi connectivity index (χ3v) is 2.53. The summed E-state index contributed by atoms with van der Waals surface area (Å²) in [5.41, 5.74) is 6.60. The highest BCUT2D eigenvalue weighted by atomic mass is 16.4. The maximum atomic E-state index is 9.24. The molecular formula is C14H13N3O2. The zero-order valence-electron chi connectivity index (χ0n) is 10.2. The van der Waals surface area contributed by atoms with Crippen LogP contribution in [0.5, 0.6) is 0 Å². The molecule has 0 aliphatic carbocycles. The van der Waals surface area contributed by atoms with Gasteiger partial charge in [0.1, 0.15) is 0 Å². The lowest BCUT2D eigenvalue weighted by atomic mass is 10.1. The van der Waals surface area contributed by atoms with Gasteiger partial charge in [-0.05, 0) is 24.3 Å². The molecule has 3 rings (SSSR count). The number of fused-ring (bicyclic) bond motifs is 3. The summed E-state index contributed by atoms with van der Waals surface area (Å²) in [6.45, 7) is -0.278. The topological polar surface area (TPSA) is 89.1 Å². The number of carboxylic acids is 1. The van der Waals surface area contributed by atoms with Crippen molar-refractivity contribution in [2.24, 2.45) is 5.73 Å². The van der Waals surface area contributed by atoms with E-state index in [-0.39, 0.29) is 6.54 Å². The summed E-state index contributed by atoms with van der Waals surface area (Å²) in [4.78, 5) is 17.9.